The van der Waals surface area contributed by atoms with E-state index in [0.29, 0.717) is 5.92 Å². The molecule has 1 unspecified atom stereocenters. The fourth-order valence-corrected chi connectivity index (χ4v) is 3.08. The van der Waals surface area contributed by atoms with Crippen molar-refractivity contribution < 1.29 is 5.11 Å². The van der Waals surface area contributed by atoms with Crippen molar-refractivity contribution in [1.29, 1.82) is 0 Å². The van der Waals surface area contributed by atoms with Crippen LogP contribution in [-0.4, -0.2) is 5.11 Å². The standard InChI is InChI=1S/C18H28O/c1-18(2,3)16-12-10-15(11-13-16)17(19)14-8-6-4-5-7-9-14/h10-14,17,19H,4-9H2,1-3H3. The molecule has 1 aliphatic rings. The van der Waals surface area contributed by atoms with Crippen molar-refractivity contribution in [2.24, 2.45) is 5.92 Å². The Bertz CT molecular complexity index is 377. The zero-order chi connectivity index (χ0) is 13.9. The highest BCUT2D eigenvalue weighted by molar-refractivity contribution is 5.28. The lowest BCUT2D eigenvalue weighted by Crippen LogP contribution is -2.14. The van der Waals surface area contributed by atoms with Crippen LogP contribution in [0, 0.1) is 5.92 Å². The van der Waals surface area contributed by atoms with Crippen molar-refractivity contribution in [2.75, 3.05) is 0 Å². The van der Waals surface area contributed by atoms with Gasteiger partial charge in [0.1, 0.15) is 0 Å². The van der Waals surface area contributed by atoms with Gasteiger partial charge in [0.2, 0.25) is 0 Å². The molecule has 106 valence electrons. The van der Waals surface area contributed by atoms with Gasteiger partial charge in [-0.05, 0) is 35.3 Å². The summed E-state index contributed by atoms with van der Waals surface area (Å²) in [5.74, 6) is 0.461. The Morgan fingerprint density at radius 3 is 1.95 bits per heavy atom. The lowest BCUT2D eigenvalue weighted by Gasteiger charge is -2.23. The van der Waals surface area contributed by atoms with Gasteiger partial charge in [-0.15, -0.1) is 0 Å². The minimum absolute atomic E-state index is 0.186. The SMILES string of the molecule is CC(C)(C)c1ccc(C(O)C2CCCCCC2)cc1. The molecule has 1 atom stereocenters. The van der Waals surface area contributed by atoms with Gasteiger partial charge >= 0.3 is 0 Å². The molecule has 1 heteroatoms. The first-order chi connectivity index (χ1) is 8.98. The van der Waals surface area contributed by atoms with Crippen LogP contribution in [0.25, 0.3) is 0 Å². The first-order valence-electron chi connectivity index (χ1n) is 7.77. The Morgan fingerprint density at radius 2 is 1.47 bits per heavy atom. The number of benzene rings is 1. The zero-order valence-electron chi connectivity index (χ0n) is 12.7. The Labute approximate surface area is 118 Å². The molecule has 0 saturated heterocycles. The lowest BCUT2D eigenvalue weighted by molar-refractivity contribution is 0.0987. The molecule has 1 saturated carbocycles. The molecule has 2 rings (SSSR count). The molecule has 0 aliphatic heterocycles. The molecule has 1 nitrogen and oxygen atoms in total. The summed E-state index contributed by atoms with van der Waals surface area (Å²) in [6.07, 6.45) is 7.33. The highest BCUT2D eigenvalue weighted by Gasteiger charge is 2.22. The second kappa shape index (κ2) is 6.09. The predicted octanol–water partition coefficient (Wildman–Crippen LogP) is 4.99. The fraction of sp³-hybridized carbons (Fsp3) is 0.667. The number of aliphatic hydroxyl groups is 1. The van der Waals surface area contributed by atoms with Crippen LogP contribution in [0.1, 0.15) is 76.5 Å². The van der Waals surface area contributed by atoms with E-state index in [9.17, 15) is 5.11 Å². The molecule has 19 heavy (non-hydrogen) atoms. The summed E-state index contributed by atoms with van der Waals surface area (Å²) in [6.45, 7) is 6.68. The van der Waals surface area contributed by atoms with E-state index in [1.54, 1.807) is 0 Å². The van der Waals surface area contributed by atoms with Crippen LogP contribution in [0.15, 0.2) is 24.3 Å². The van der Waals surface area contributed by atoms with Crippen LogP contribution in [0.2, 0.25) is 0 Å². The van der Waals surface area contributed by atoms with Crippen LogP contribution < -0.4 is 0 Å². The smallest absolute Gasteiger partial charge is 0.0818 e. The van der Waals surface area contributed by atoms with Gasteiger partial charge in [0, 0.05) is 0 Å². The normalized spacial score (nSPS) is 20.0. The minimum Gasteiger partial charge on any atom is -0.388 e. The van der Waals surface area contributed by atoms with Gasteiger partial charge in [-0.3, -0.25) is 0 Å². The number of hydrogen-bond acceptors (Lipinski definition) is 1. The molecule has 1 N–H and O–H groups in total. The number of hydrogen-bond donors (Lipinski definition) is 1. The summed E-state index contributed by atoms with van der Waals surface area (Å²) < 4.78 is 0. The van der Waals surface area contributed by atoms with E-state index in [1.807, 2.05) is 0 Å². The maximum atomic E-state index is 10.6. The van der Waals surface area contributed by atoms with Crippen LogP contribution in [-0.2, 0) is 5.41 Å². The van der Waals surface area contributed by atoms with E-state index >= 15 is 0 Å². The van der Waals surface area contributed by atoms with Crippen molar-refractivity contribution in [3.8, 4) is 0 Å². The summed E-state index contributed by atoms with van der Waals surface area (Å²) in [4.78, 5) is 0. The third kappa shape index (κ3) is 3.82. The highest BCUT2D eigenvalue weighted by atomic mass is 16.3. The van der Waals surface area contributed by atoms with Crippen LogP contribution in [0.5, 0.6) is 0 Å². The molecule has 1 aliphatic carbocycles. The van der Waals surface area contributed by atoms with E-state index in [2.05, 4.69) is 45.0 Å². The molecule has 0 heterocycles. The van der Waals surface area contributed by atoms with Gasteiger partial charge in [0.05, 0.1) is 6.10 Å². The largest absolute Gasteiger partial charge is 0.388 e. The van der Waals surface area contributed by atoms with Crippen molar-refractivity contribution in [3.05, 3.63) is 35.4 Å². The van der Waals surface area contributed by atoms with E-state index in [1.165, 1.54) is 44.1 Å². The Morgan fingerprint density at radius 1 is 0.947 bits per heavy atom. The Kier molecular flexibility index (Phi) is 4.67. The van der Waals surface area contributed by atoms with E-state index in [4.69, 9.17) is 0 Å². The van der Waals surface area contributed by atoms with Crippen LogP contribution in [0.4, 0.5) is 0 Å². The summed E-state index contributed by atoms with van der Waals surface area (Å²) in [7, 11) is 0. The quantitative estimate of drug-likeness (QED) is 0.743. The molecule has 1 aromatic rings. The van der Waals surface area contributed by atoms with E-state index in [0.717, 1.165) is 5.56 Å². The summed E-state index contributed by atoms with van der Waals surface area (Å²) in [5.41, 5.74) is 2.62. The molecule has 0 spiro atoms. The van der Waals surface area contributed by atoms with Gasteiger partial charge in [-0.2, -0.15) is 0 Å². The second-order valence-corrected chi connectivity index (χ2v) is 7.07. The van der Waals surface area contributed by atoms with Gasteiger partial charge < -0.3 is 5.11 Å². The summed E-state index contributed by atoms with van der Waals surface area (Å²) in [6, 6.07) is 8.59. The molecule has 0 radical (unpaired) electrons. The zero-order valence-corrected chi connectivity index (χ0v) is 12.7. The first kappa shape index (κ1) is 14.6. The van der Waals surface area contributed by atoms with Gasteiger partial charge in [-0.1, -0.05) is 70.7 Å². The van der Waals surface area contributed by atoms with E-state index in [-0.39, 0.29) is 11.5 Å². The monoisotopic (exact) mass is 260 g/mol. The molecule has 0 aromatic heterocycles. The Balaban J connectivity index is 2.08. The third-order valence-electron chi connectivity index (χ3n) is 4.46. The van der Waals surface area contributed by atoms with Crippen LogP contribution in [0.3, 0.4) is 0 Å². The average Bonchev–Trinajstić information content (AvgIpc) is 2.66. The third-order valence-corrected chi connectivity index (χ3v) is 4.46. The summed E-state index contributed by atoms with van der Waals surface area (Å²) >= 11 is 0. The number of aliphatic hydroxyl groups excluding tert-OH is 1. The maximum Gasteiger partial charge on any atom is 0.0818 e. The van der Waals surface area contributed by atoms with Gasteiger partial charge in [0.15, 0.2) is 0 Å². The van der Waals surface area contributed by atoms with Gasteiger partial charge in [0.25, 0.3) is 0 Å². The predicted molar refractivity (Wildman–Crippen MR) is 81.3 cm³/mol. The molecule has 1 aromatic carbocycles. The molecule has 0 amide bonds. The minimum atomic E-state index is -0.271. The van der Waals surface area contributed by atoms with E-state index < -0.39 is 0 Å². The van der Waals surface area contributed by atoms with Crippen molar-refractivity contribution in [3.63, 3.8) is 0 Å². The lowest BCUT2D eigenvalue weighted by atomic mass is 9.84. The van der Waals surface area contributed by atoms with Crippen molar-refractivity contribution >= 4 is 0 Å². The topological polar surface area (TPSA) is 20.2 Å². The Hall–Kier alpha value is -0.820. The molecule has 1 fully saturated rings. The first-order valence-corrected chi connectivity index (χ1v) is 7.77. The van der Waals surface area contributed by atoms with Crippen molar-refractivity contribution in [2.45, 2.75) is 70.8 Å². The molecular weight excluding hydrogens is 232 g/mol. The van der Waals surface area contributed by atoms with Gasteiger partial charge in [-0.25, -0.2) is 0 Å². The average molecular weight is 260 g/mol. The highest BCUT2D eigenvalue weighted by Crippen LogP contribution is 2.34. The summed E-state index contributed by atoms with van der Waals surface area (Å²) in [5, 5.41) is 10.6. The van der Waals surface area contributed by atoms with Crippen LogP contribution >= 0.6 is 0 Å². The number of rotatable bonds is 2. The maximum absolute atomic E-state index is 10.6. The molecular formula is C18H28O. The fourth-order valence-electron chi connectivity index (χ4n) is 3.08. The van der Waals surface area contributed by atoms with Crippen molar-refractivity contribution in [1.82, 2.24) is 0 Å². The molecule has 0 bridgehead atoms. The second-order valence-electron chi connectivity index (χ2n) is 7.07.